The second-order valence-corrected chi connectivity index (χ2v) is 6.79. The van der Waals surface area contributed by atoms with Crippen LogP contribution in [0, 0.1) is 6.92 Å². The molecule has 0 aromatic carbocycles. The Balaban J connectivity index is 2.34. The third-order valence-corrected chi connectivity index (χ3v) is 4.21. The van der Waals surface area contributed by atoms with E-state index in [4.69, 9.17) is 15.0 Å². The summed E-state index contributed by atoms with van der Waals surface area (Å²) in [6.45, 7) is 12.2. The van der Waals surface area contributed by atoms with Crippen molar-refractivity contribution in [3.8, 4) is 0 Å². The van der Waals surface area contributed by atoms with E-state index < -0.39 is 0 Å². The zero-order chi connectivity index (χ0) is 15.1. The highest BCUT2D eigenvalue weighted by Gasteiger charge is 2.52. The van der Waals surface area contributed by atoms with Crippen LogP contribution in [0.5, 0.6) is 0 Å². The van der Waals surface area contributed by atoms with Gasteiger partial charge in [0.15, 0.2) is 0 Å². The summed E-state index contributed by atoms with van der Waals surface area (Å²) in [5.41, 5.74) is 8.41. The molecule has 0 amide bonds. The highest BCUT2D eigenvalue weighted by Crippen LogP contribution is 2.36. The van der Waals surface area contributed by atoms with Crippen LogP contribution in [0.4, 0.5) is 0 Å². The monoisotopic (exact) mass is 276 g/mol. The minimum absolute atomic E-state index is 0.0953. The molecule has 4 nitrogen and oxygen atoms in total. The molecule has 5 heteroatoms. The van der Waals surface area contributed by atoms with Gasteiger partial charge in [0.2, 0.25) is 0 Å². The normalized spacial score (nSPS) is 22.1. The highest BCUT2D eigenvalue weighted by atomic mass is 16.7. The first kappa shape index (κ1) is 15.5. The fraction of sp³-hybridized carbons (Fsp3) is 0.667. The van der Waals surface area contributed by atoms with Gasteiger partial charge >= 0.3 is 7.12 Å². The molecule has 2 heterocycles. The lowest BCUT2D eigenvalue weighted by molar-refractivity contribution is 0.00578. The topological polar surface area (TPSA) is 57.4 Å². The molecule has 0 radical (unpaired) electrons. The molecule has 1 saturated heterocycles. The van der Waals surface area contributed by atoms with Gasteiger partial charge in [-0.15, -0.1) is 0 Å². The molecule has 0 bridgehead atoms. The standard InChI is InChI=1S/C15H25BN2O2/c1-10(17)7-12-8-11(2)18-9-13(12)16-19-14(3,4)15(5,6)20-16/h8-10H,7,17H2,1-6H3. The van der Waals surface area contributed by atoms with Crippen LogP contribution in [-0.2, 0) is 15.7 Å². The number of rotatable bonds is 3. The smallest absolute Gasteiger partial charge is 0.399 e. The Labute approximate surface area is 122 Å². The van der Waals surface area contributed by atoms with Crippen LogP contribution in [0.25, 0.3) is 0 Å². The summed E-state index contributed by atoms with van der Waals surface area (Å²) in [7, 11) is -0.373. The molecule has 110 valence electrons. The van der Waals surface area contributed by atoms with Crippen molar-refractivity contribution in [2.24, 2.45) is 5.73 Å². The predicted molar refractivity (Wildman–Crippen MR) is 82.0 cm³/mol. The third kappa shape index (κ3) is 2.90. The lowest BCUT2D eigenvalue weighted by Gasteiger charge is -2.32. The Bertz CT molecular complexity index is 485. The Morgan fingerprint density at radius 3 is 2.30 bits per heavy atom. The zero-order valence-corrected chi connectivity index (χ0v) is 13.4. The van der Waals surface area contributed by atoms with E-state index in [1.54, 1.807) is 0 Å². The molecule has 1 aliphatic heterocycles. The molecule has 1 aromatic heterocycles. The van der Waals surface area contributed by atoms with E-state index in [-0.39, 0.29) is 24.4 Å². The largest absolute Gasteiger partial charge is 0.496 e. The Morgan fingerprint density at radius 2 is 1.80 bits per heavy atom. The van der Waals surface area contributed by atoms with E-state index in [1.807, 2.05) is 20.0 Å². The first-order valence-electron chi connectivity index (χ1n) is 7.19. The van der Waals surface area contributed by atoms with Crippen molar-refractivity contribution in [2.75, 3.05) is 0 Å². The van der Waals surface area contributed by atoms with Crippen LogP contribution in [0.3, 0.4) is 0 Å². The Morgan fingerprint density at radius 1 is 1.25 bits per heavy atom. The molecule has 2 rings (SSSR count). The van der Waals surface area contributed by atoms with Crippen molar-refractivity contribution in [1.82, 2.24) is 4.98 Å². The van der Waals surface area contributed by atoms with Crippen LogP contribution in [0.1, 0.15) is 45.9 Å². The summed E-state index contributed by atoms with van der Waals surface area (Å²) in [6, 6.07) is 2.17. The van der Waals surface area contributed by atoms with Gasteiger partial charge in [0.25, 0.3) is 0 Å². The van der Waals surface area contributed by atoms with Gasteiger partial charge in [-0.05, 0) is 59.6 Å². The number of pyridine rings is 1. The van der Waals surface area contributed by atoms with Gasteiger partial charge < -0.3 is 15.0 Å². The molecule has 1 aliphatic rings. The lowest BCUT2D eigenvalue weighted by atomic mass is 9.75. The summed E-state index contributed by atoms with van der Waals surface area (Å²) >= 11 is 0. The molecular formula is C15H25BN2O2. The highest BCUT2D eigenvalue weighted by molar-refractivity contribution is 6.62. The molecule has 0 aliphatic carbocycles. The quantitative estimate of drug-likeness (QED) is 0.852. The fourth-order valence-corrected chi connectivity index (χ4v) is 2.33. The van der Waals surface area contributed by atoms with E-state index >= 15 is 0 Å². The average Bonchev–Trinajstić information content (AvgIpc) is 2.46. The summed E-state index contributed by atoms with van der Waals surface area (Å²) < 4.78 is 12.2. The number of nitrogens with two attached hydrogens (primary N) is 1. The molecule has 0 spiro atoms. The van der Waals surface area contributed by atoms with Crippen molar-refractivity contribution < 1.29 is 9.31 Å². The number of hydrogen-bond donors (Lipinski definition) is 1. The first-order chi connectivity index (χ1) is 9.12. The van der Waals surface area contributed by atoms with E-state index in [2.05, 4.69) is 38.7 Å². The maximum Gasteiger partial charge on any atom is 0.496 e. The van der Waals surface area contributed by atoms with Crippen LogP contribution >= 0.6 is 0 Å². The van der Waals surface area contributed by atoms with Gasteiger partial charge in [0.05, 0.1) is 11.2 Å². The zero-order valence-electron chi connectivity index (χ0n) is 13.4. The minimum Gasteiger partial charge on any atom is -0.399 e. The predicted octanol–water partition coefficient (Wildman–Crippen LogP) is 1.58. The van der Waals surface area contributed by atoms with Crippen LogP contribution < -0.4 is 11.2 Å². The molecular weight excluding hydrogens is 251 g/mol. The van der Waals surface area contributed by atoms with Crippen molar-refractivity contribution in [3.05, 3.63) is 23.5 Å². The number of aromatic nitrogens is 1. The summed E-state index contributed by atoms with van der Waals surface area (Å²) in [6.07, 6.45) is 2.65. The maximum absolute atomic E-state index is 6.11. The van der Waals surface area contributed by atoms with Gasteiger partial charge in [-0.2, -0.15) is 0 Å². The minimum atomic E-state index is -0.373. The van der Waals surface area contributed by atoms with Crippen molar-refractivity contribution >= 4 is 12.6 Å². The van der Waals surface area contributed by atoms with Gasteiger partial charge in [-0.3, -0.25) is 4.98 Å². The van der Waals surface area contributed by atoms with Gasteiger partial charge in [-0.25, -0.2) is 0 Å². The van der Waals surface area contributed by atoms with E-state index in [0.717, 1.165) is 23.1 Å². The second-order valence-electron chi connectivity index (χ2n) is 6.79. The van der Waals surface area contributed by atoms with E-state index in [1.165, 1.54) is 0 Å². The van der Waals surface area contributed by atoms with Crippen molar-refractivity contribution in [1.29, 1.82) is 0 Å². The fourth-order valence-electron chi connectivity index (χ4n) is 2.33. The lowest BCUT2D eigenvalue weighted by Crippen LogP contribution is -2.41. The van der Waals surface area contributed by atoms with Crippen LogP contribution in [0.15, 0.2) is 12.3 Å². The SMILES string of the molecule is Cc1cc(CC(C)N)c(B2OC(C)(C)C(C)(C)O2)cn1. The molecule has 20 heavy (non-hydrogen) atoms. The molecule has 1 atom stereocenters. The second kappa shape index (κ2) is 5.13. The first-order valence-corrected chi connectivity index (χ1v) is 7.19. The van der Waals surface area contributed by atoms with Crippen LogP contribution in [-0.4, -0.2) is 29.3 Å². The van der Waals surface area contributed by atoms with Gasteiger partial charge in [0, 0.05) is 23.4 Å². The summed E-state index contributed by atoms with van der Waals surface area (Å²) in [5.74, 6) is 0. The Kier molecular flexibility index (Phi) is 3.97. The molecule has 1 fully saturated rings. The van der Waals surface area contributed by atoms with Crippen LogP contribution in [0.2, 0.25) is 0 Å². The summed E-state index contributed by atoms with van der Waals surface area (Å²) in [5, 5.41) is 0. The van der Waals surface area contributed by atoms with Gasteiger partial charge in [0.1, 0.15) is 0 Å². The third-order valence-electron chi connectivity index (χ3n) is 4.21. The molecule has 0 saturated carbocycles. The Hall–Kier alpha value is -0.905. The van der Waals surface area contributed by atoms with E-state index in [9.17, 15) is 0 Å². The molecule has 2 N–H and O–H groups in total. The molecule has 1 aromatic rings. The maximum atomic E-state index is 6.11. The average molecular weight is 276 g/mol. The van der Waals surface area contributed by atoms with E-state index in [0.29, 0.717) is 0 Å². The molecule has 1 unspecified atom stereocenters. The van der Waals surface area contributed by atoms with Crippen molar-refractivity contribution in [2.45, 2.75) is 65.2 Å². The van der Waals surface area contributed by atoms with Gasteiger partial charge in [-0.1, -0.05) is 0 Å². The number of nitrogens with zero attached hydrogens (tertiary/aromatic N) is 1. The van der Waals surface area contributed by atoms with Crippen molar-refractivity contribution in [3.63, 3.8) is 0 Å². The number of hydrogen-bond acceptors (Lipinski definition) is 4. The summed E-state index contributed by atoms with van der Waals surface area (Å²) in [4.78, 5) is 4.39. The number of aryl methyl sites for hydroxylation is 1.